The van der Waals surface area contributed by atoms with Gasteiger partial charge in [0.25, 0.3) is 11.1 Å². The molecular formula is C13H15N3O3S. The third kappa shape index (κ3) is 2.79. The molecule has 1 aliphatic heterocycles. The minimum Gasteiger partial charge on any atom is -0.431 e. The number of ether oxygens (including phenoxy) is 1. The Balaban J connectivity index is 1.56. The van der Waals surface area contributed by atoms with Crippen molar-refractivity contribution in [3.63, 3.8) is 0 Å². The fraction of sp³-hybridized carbons (Fsp3) is 0.385. The standard InChI is InChI=1S/C13H15N3O3S/c14-16-12(17)11-6-5-8(18-11)7-20-13-15-9-3-1-2-4-10(9)19-13/h1-4,8,11H,5-7,14H2,(H,16,17). The molecule has 1 aliphatic rings. The average molecular weight is 293 g/mol. The molecule has 1 amide bonds. The van der Waals surface area contributed by atoms with E-state index < -0.39 is 6.10 Å². The van der Waals surface area contributed by atoms with Gasteiger partial charge in [0.1, 0.15) is 11.6 Å². The second-order valence-electron chi connectivity index (χ2n) is 4.59. The summed E-state index contributed by atoms with van der Waals surface area (Å²) in [5.74, 6) is 5.54. The van der Waals surface area contributed by atoms with Gasteiger partial charge in [0.2, 0.25) is 0 Å². The lowest BCUT2D eigenvalue weighted by atomic mass is 10.2. The van der Waals surface area contributed by atoms with E-state index >= 15 is 0 Å². The van der Waals surface area contributed by atoms with Gasteiger partial charge in [-0.15, -0.1) is 0 Å². The number of rotatable bonds is 4. The summed E-state index contributed by atoms with van der Waals surface area (Å²) in [5, 5.41) is 0.626. The molecule has 0 aliphatic carbocycles. The third-order valence-corrected chi connectivity index (χ3v) is 4.17. The van der Waals surface area contributed by atoms with Gasteiger partial charge in [0.15, 0.2) is 5.58 Å². The molecule has 0 saturated carbocycles. The molecule has 2 atom stereocenters. The molecule has 2 unspecified atom stereocenters. The number of nitrogens with two attached hydrogens (primary N) is 1. The van der Waals surface area contributed by atoms with E-state index in [0.717, 1.165) is 17.5 Å². The topological polar surface area (TPSA) is 90.4 Å². The number of carbonyl (C=O) groups excluding carboxylic acids is 1. The Bertz CT molecular complexity index is 583. The Labute approximate surface area is 120 Å². The summed E-state index contributed by atoms with van der Waals surface area (Å²) >= 11 is 1.50. The van der Waals surface area contributed by atoms with Gasteiger partial charge in [0, 0.05) is 5.75 Å². The number of benzene rings is 1. The fourth-order valence-corrected chi connectivity index (χ4v) is 3.08. The van der Waals surface area contributed by atoms with Crippen molar-refractivity contribution in [3.8, 4) is 0 Å². The summed E-state index contributed by atoms with van der Waals surface area (Å²) < 4.78 is 11.2. The lowest BCUT2D eigenvalue weighted by molar-refractivity contribution is -0.131. The van der Waals surface area contributed by atoms with Crippen molar-refractivity contribution in [3.05, 3.63) is 24.3 Å². The zero-order chi connectivity index (χ0) is 13.9. The molecule has 2 heterocycles. The molecule has 3 rings (SSSR count). The van der Waals surface area contributed by atoms with Crippen molar-refractivity contribution in [2.24, 2.45) is 5.84 Å². The Morgan fingerprint density at radius 1 is 1.45 bits per heavy atom. The fourth-order valence-electron chi connectivity index (χ4n) is 2.19. The zero-order valence-electron chi connectivity index (χ0n) is 10.7. The minimum absolute atomic E-state index is 0.0253. The largest absolute Gasteiger partial charge is 0.431 e. The van der Waals surface area contributed by atoms with Gasteiger partial charge in [-0.25, -0.2) is 10.8 Å². The molecular weight excluding hydrogens is 278 g/mol. The Kier molecular flexibility index (Phi) is 3.90. The molecule has 20 heavy (non-hydrogen) atoms. The van der Waals surface area contributed by atoms with Crippen LogP contribution < -0.4 is 11.3 Å². The lowest BCUT2D eigenvalue weighted by Crippen LogP contribution is -2.39. The van der Waals surface area contributed by atoms with E-state index in [1.807, 2.05) is 24.3 Å². The monoisotopic (exact) mass is 293 g/mol. The van der Waals surface area contributed by atoms with Crippen LogP contribution in [0.15, 0.2) is 33.9 Å². The molecule has 7 heteroatoms. The first kappa shape index (κ1) is 13.4. The number of amides is 1. The summed E-state index contributed by atoms with van der Waals surface area (Å²) in [7, 11) is 0. The van der Waals surface area contributed by atoms with E-state index in [2.05, 4.69) is 10.4 Å². The van der Waals surface area contributed by atoms with Gasteiger partial charge < -0.3 is 9.15 Å². The van der Waals surface area contributed by atoms with Crippen LogP contribution in [0.4, 0.5) is 0 Å². The molecule has 0 spiro atoms. The van der Waals surface area contributed by atoms with Crippen molar-refractivity contribution in [1.29, 1.82) is 0 Å². The number of hydrogen-bond acceptors (Lipinski definition) is 6. The number of nitrogens with zero attached hydrogens (tertiary/aromatic N) is 1. The second kappa shape index (κ2) is 5.82. The minimum atomic E-state index is -0.436. The number of oxazole rings is 1. The highest BCUT2D eigenvalue weighted by atomic mass is 32.2. The quantitative estimate of drug-likeness (QED) is 0.384. The second-order valence-corrected chi connectivity index (χ2v) is 5.56. The highest BCUT2D eigenvalue weighted by Crippen LogP contribution is 2.28. The maximum Gasteiger partial charge on any atom is 0.263 e. The number of thioether (sulfide) groups is 1. The number of hydrogen-bond donors (Lipinski definition) is 2. The molecule has 2 aromatic rings. The van der Waals surface area contributed by atoms with Crippen LogP contribution in [0.3, 0.4) is 0 Å². The summed E-state index contributed by atoms with van der Waals surface area (Å²) in [6.45, 7) is 0. The molecule has 106 valence electrons. The predicted octanol–water partition coefficient (Wildman–Crippen LogP) is 1.46. The van der Waals surface area contributed by atoms with Gasteiger partial charge in [-0.05, 0) is 25.0 Å². The molecule has 1 fully saturated rings. The number of carbonyl (C=O) groups is 1. The van der Waals surface area contributed by atoms with Gasteiger partial charge in [-0.1, -0.05) is 23.9 Å². The first-order valence-corrected chi connectivity index (χ1v) is 7.39. The number of nitrogens with one attached hydrogen (secondary N) is 1. The molecule has 3 N–H and O–H groups in total. The van der Waals surface area contributed by atoms with E-state index in [1.165, 1.54) is 11.8 Å². The zero-order valence-corrected chi connectivity index (χ0v) is 11.6. The SMILES string of the molecule is NNC(=O)C1CCC(CSc2nc3ccccc3o2)O1. The van der Waals surface area contributed by atoms with Crippen LogP contribution in [0, 0.1) is 0 Å². The van der Waals surface area contributed by atoms with Crippen LogP contribution in [0.2, 0.25) is 0 Å². The molecule has 0 radical (unpaired) electrons. The molecule has 1 aromatic carbocycles. The first-order chi connectivity index (χ1) is 9.76. The van der Waals surface area contributed by atoms with Gasteiger partial charge in [-0.2, -0.15) is 0 Å². The van der Waals surface area contributed by atoms with E-state index in [1.54, 1.807) is 0 Å². The summed E-state index contributed by atoms with van der Waals surface area (Å²) in [6, 6.07) is 7.64. The van der Waals surface area contributed by atoms with Crippen LogP contribution in [-0.2, 0) is 9.53 Å². The van der Waals surface area contributed by atoms with Crippen molar-refractivity contribution in [2.45, 2.75) is 30.3 Å². The molecule has 1 aromatic heterocycles. The van der Waals surface area contributed by atoms with E-state index in [9.17, 15) is 4.79 Å². The molecule has 0 bridgehead atoms. The van der Waals surface area contributed by atoms with Crippen LogP contribution >= 0.6 is 11.8 Å². The van der Waals surface area contributed by atoms with Gasteiger partial charge >= 0.3 is 0 Å². The smallest absolute Gasteiger partial charge is 0.263 e. The van der Waals surface area contributed by atoms with E-state index in [4.69, 9.17) is 15.0 Å². The number of fused-ring (bicyclic) bond motifs is 1. The van der Waals surface area contributed by atoms with Gasteiger partial charge in [-0.3, -0.25) is 10.2 Å². The Morgan fingerprint density at radius 3 is 3.10 bits per heavy atom. The van der Waals surface area contributed by atoms with Crippen LogP contribution in [0.1, 0.15) is 12.8 Å². The highest BCUT2D eigenvalue weighted by molar-refractivity contribution is 7.99. The van der Waals surface area contributed by atoms with E-state index in [-0.39, 0.29) is 12.0 Å². The van der Waals surface area contributed by atoms with Gasteiger partial charge in [0.05, 0.1) is 6.10 Å². The maximum atomic E-state index is 11.4. The summed E-state index contributed by atoms with van der Waals surface area (Å²) in [6.07, 6.45) is 1.12. The average Bonchev–Trinajstić information content (AvgIpc) is 3.10. The number of para-hydroxylation sites is 2. The van der Waals surface area contributed by atoms with Crippen LogP contribution in [0.5, 0.6) is 0 Å². The van der Waals surface area contributed by atoms with Crippen LogP contribution in [-0.4, -0.2) is 28.9 Å². The normalized spacial score (nSPS) is 22.2. The Hall–Kier alpha value is -1.57. The lowest BCUT2D eigenvalue weighted by Gasteiger charge is -2.10. The van der Waals surface area contributed by atoms with Crippen molar-refractivity contribution in [1.82, 2.24) is 10.4 Å². The van der Waals surface area contributed by atoms with Crippen molar-refractivity contribution in [2.75, 3.05) is 5.75 Å². The molecule has 1 saturated heterocycles. The van der Waals surface area contributed by atoms with Crippen molar-refractivity contribution < 1.29 is 13.9 Å². The molecule has 6 nitrogen and oxygen atoms in total. The third-order valence-electron chi connectivity index (χ3n) is 3.21. The highest BCUT2D eigenvalue weighted by Gasteiger charge is 2.30. The number of aromatic nitrogens is 1. The maximum absolute atomic E-state index is 11.4. The van der Waals surface area contributed by atoms with Crippen LogP contribution in [0.25, 0.3) is 11.1 Å². The number of hydrazine groups is 1. The Morgan fingerprint density at radius 2 is 2.30 bits per heavy atom. The summed E-state index contributed by atoms with van der Waals surface area (Å²) in [5.41, 5.74) is 3.75. The van der Waals surface area contributed by atoms with Crippen molar-refractivity contribution >= 4 is 28.8 Å². The summed E-state index contributed by atoms with van der Waals surface area (Å²) in [4.78, 5) is 15.7. The van der Waals surface area contributed by atoms with E-state index in [0.29, 0.717) is 17.4 Å². The first-order valence-electron chi connectivity index (χ1n) is 6.40. The predicted molar refractivity (Wildman–Crippen MR) is 75.0 cm³/mol.